The van der Waals surface area contributed by atoms with Gasteiger partial charge in [-0.15, -0.1) is 0 Å². The molecule has 4 aromatic carbocycles. The van der Waals surface area contributed by atoms with Crippen LogP contribution in [0.1, 0.15) is 0 Å². The molecule has 0 fully saturated rings. The Hall–Kier alpha value is -5.42. The zero-order chi connectivity index (χ0) is 25.5. The van der Waals surface area contributed by atoms with Crippen LogP contribution in [0.4, 0.5) is 0 Å². The van der Waals surface area contributed by atoms with E-state index in [0.717, 1.165) is 88.2 Å². The second-order valence-electron chi connectivity index (χ2n) is 9.85. The Morgan fingerprint density at radius 3 is 1.41 bits per heavy atom. The number of fused-ring (bicyclic) bond motifs is 9. The minimum Gasteiger partial charge on any atom is -0.455 e. The van der Waals surface area contributed by atoms with Gasteiger partial charge in [-0.05, 0) is 36.4 Å². The molecule has 39 heavy (non-hydrogen) atoms. The molecule has 5 heteroatoms. The highest BCUT2D eigenvalue weighted by molar-refractivity contribution is 6.18. The van der Waals surface area contributed by atoms with Crippen LogP contribution in [-0.2, 0) is 0 Å². The van der Waals surface area contributed by atoms with Crippen LogP contribution in [0.2, 0.25) is 0 Å². The maximum absolute atomic E-state index is 6.35. The number of benzene rings is 4. The molecule has 0 unspecified atom stereocenters. The Morgan fingerprint density at radius 1 is 0.436 bits per heavy atom. The molecular formula is C34H19N3O2. The summed E-state index contributed by atoms with van der Waals surface area (Å²) in [4.78, 5) is 13.4. The number of aromatic amines is 1. The van der Waals surface area contributed by atoms with E-state index in [-0.39, 0.29) is 0 Å². The molecule has 5 aromatic heterocycles. The van der Waals surface area contributed by atoms with Gasteiger partial charge in [-0.3, -0.25) is 9.97 Å². The van der Waals surface area contributed by atoms with Gasteiger partial charge in [0.05, 0.1) is 22.4 Å². The average Bonchev–Trinajstić information content (AvgIpc) is 3.68. The molecule has 0 saturated heterocycles. The van der Waals surface area contributed by atoms with Crippen molar-refractivity contribution < 1.29 is 8.83 Å². The van der Waals surface area contributed by atoms with Crippen molar-refractivity contribution in [3.05, 3.63) is 109 Å². The van der Waals surface area contributed by atoms with Crippen molar-refractivity contribution >= 4 is 65.7 Å². The molecule has 0 saturated carbocycles. The Balaban J connectivity index is 1.34. The number of pyridine rings is 2. The average molecular weight is 502 g/mol. The van der Waals surface area contributed by atoms with Crippen molar-refractivity contribution in [2.24, 2.45) is 0 Å². The van der Waals surface area contributed by atoms with Crippen molar-refractivity contribution in [1.82, 2.24) is 15.0 Å². The summed E-state index contributed by atoms with van der Waals surface area (Å²) in [5.74, 6) is 0. The number of rotatable bonds is 2. The predicted octanol–water partition coefficient (Wildman–Crippen LogP) is 9.24. The van der Waals surface area contributed by atoms with Crippen LogP contribution in [0.3, 0.4) is 0 Å². The standard InChI is InChI=1S/C34H19N3O2/c1-3-13-27-19(7-1)23-9-5-11-25(33(23)38-27)29-31-21(15-17-35-29)22-16-18-36-30(32(22)37-31)26-12-6-10-24-20-8-2-4-14-28(20)39-34(24)26/h1-18,37H. The largest absolute Gasteiger partial charge is 0.455 e. The van der Waals surface area contributed by atoms with E-state index in [4.69, 9.17) is 18.8 Å². The van der Waals surface area contributed by atoms with Gasteiger partial charge in [0.2, 0.25) is 0 Å². The fourth-order valence-corrected chi connectivity index (χ4v) is 6.03. The molecule has 0 aliphatic carbocycles. The normalized spacial score (nSPS) is 12.1. The first-order chi connectivity index (χ1) is 19.3. The number of furan rings is 2. The van der Waals surface area contributed by atoms with E-state index in [2.05, 4.69) is 65.6 Å². The fourth-order valence-electron chi connectivity index (χ4n) is 6.03. The smallest absolute Gasteiger partial charge is 0.144 e. The van der Waals surface area contributed by atoms with Gasteiger partial charge in [0.1, 0.15) is 22.3 Å². The summed E-state index contributed by atoms with van der Waals surface area (Å²) < 4.78 is 12.7. The summed E-state index contributed by atoms with van der Waals surface area (Å²) in [5, 5.41) is 6.54. The van der Waals surface area contributed by atoms with Crippen LogP contribution in [0.25, 0.3) is 88.2 Å². The highest BCUT2D eigenvalue weighted by Gasteiger charge is 2.20. The van der Waals surface area contributed by atoms with Crippen molar-refractivity contribution in [1.29, 1.82) is 0 Å². The van der Waals surface area contributed by atoms with Gasteiger partial charge < -0.3 is 13.8 Å². The van der Waals surface area contributed by atoms with E-state index >= 15 is 0 Å². The lowest BCUT2D eigenvalue weighted by atomic mass is 10.0. The Kier molecular flexibility index (Phi) is 3.99. The molecule has 1 N–H and O–H groups in total. The first-order valence-electron chi connectivity index (χ1n) is 12.9. The van der Waals surface area contributed by atoms with Crippen LogP contribution in [-0.4, -0.2) is 15.0 Å². The van der Waals surface area contributed by atoms with E-state index in [9.17, 15) is 0 Å². The van der Waals surface area contributed by atoms with E-state index in [1.165, 1.54) is 0 Å². The van der Waals surface area contributed by atoms with Crippen LogP contribution in [0.5, 0.6) is 0 Å². The van der Waals surface area contributed by atoms with Crippen molar-refractivity contribution in [3.63, 3.8) is 0 Å². The zero-order valence-corrected chi connectivity index (χ0v) is 20.6. The number of aromatic nitrogens is 3. The van der Waals surface area contributed by atoms with Gasteiger partial charge in [-0.2, -0.15) is 0 Å². The van der Waals surface area contributed by atoms with Crippen LogP contribution in [0, 0.1) is 0 Å². The number of nitrogens with zero attached hydrogens (tertiary/aromatic N) is 2. The van der Waals surface area contributed by atoms with E-state index in [1.807, 2.05) is 48.8 Å². The molecule has 0 radical (unpaired) electrons. The SMILES string of the molecule is c1ccc2c(c1)oc1c(-c3nccc4c3[nH]c3c(-c5cccc6c5oc5ccccc56)nccc34)cccc12. The molecule has 0 spiro atoms. The summed E-state index contributed by atoms with van der Waals surface area (Å²) in [6, 6.07) is 32.9. The molecule has 5 nitrogen and oxygen atoms in total. The lowest BCUT2D eigenvalue weighted by Gasteiger charge is -2.04. The minimum absolute atomic E-state index is 0.836. The Labute approximate surface area is 221 Å². The van der Waals surface area contributed by atoms with Gasteiger partial charge in [0.15, 0.2) is 0 Å². The first kappa shape index (κ1) is 20.6. The third kappa shape index (κ3) is 2.79. The first-order valence-corrected chi connectivity index (χ1v) is 12.9. The second kappa shape index (κ2) is 7.55. The Morgan fingerprint density at radius 2 is 0.897 bits per heavy atom. The maximum atomic E-state index is 6.35. The number of H-pyrrole nitrogens is 1. The molecule has 182 valence electrons. The van der Waals surface area contributed by atoms with Crippen LogP contribution in [0.15, 0.2) is 118 Å². The topological polar surface area (TPSA) is 67.8 Å². The summed E-state index contributed by atoms with van der Waals surface area (Å²) >= 11 is 0. The number of hydrogen-bond acceptors (Lipinski definition) is 4. The number of para-hydroxylation sites is 4. The Bertz CT molecular complexity index is 2240. The van der Waals surface area contributed by atoms with E-state index < -0.39 is 0 Å². The highest BCUT2D eigenvalue weighted by atomic mass is 16.3. The molecule has 0 bridgehead atoms. The van der Waals surface area contributed by atoms with Crippen molar-refractivity contribution in [2.75, 3.05) is 0 Å². The molecule has 9 rings (SSSR count). The highest BCUT2D eigenvalue weighted by Crippen LogP contribution is 2.41. The van der Waals surface area contributed by atoms with Crippen LogP contribution >= 0.6 is 0 Å². The van der Waals surface area contributed by atoms with Gasteiger partial charge >= 0.3 is 0 Å². The monoisotopic (exact) mass is 501 g/mol. The summed E-state index contributed by atoms with van der Waals surface area (Å²) in [6.45, 7) is 0. The second-order valence-corrected chi connectivity index (χ2v) is 9.85. The molecule has 0 amide bonds. The maximum Gasteiger partial charge on any atom is 0.144 e. The number of nitrogens with one attached hydrogen (secondary N) is 1. The van der Waals surface area contributed by atoms with E-state index in [0.29, 0.717) is 0 Å². The van der Waals surface area contributed by atoms with Gasteiger partial charge in [-0.25, -0.2) is 0 Å². The van der Waals surface area contributed by atoms with Crippen molar-refractivity contribution in [2.45, 2.75) is 0 Å². The number of hydrogen-bond donors (Lipinski definition) is 1. The quantitative estimate of drug-likeness (QED) is 0.256. The van der Waals surface area contributed by atoms with Gasteiger partial charge in [0.25, 0.3) is 0 Å². The van der Waals surface area contributed by atoms with Gasteiger partial charge in [-0.1, -0.05) is 60.7 Å². The molecular weight excluding hydrogens is 482 g/mol. The summed E-state index contributed by atoms with van der Waals surface area (Å²) in [7, 11) is 0. The minimum atomic E-state index is 0.836. The molecule has 0 aliphatic heterocycles. The van der Waals surface area contributed by atoms with Crippen molar-refractivity contribution in [3.8, 4) is 22.5 Å². The predicted molar refractivity (Wildman–Crippen MR) is 157 cm³/mol. The lowest BCUT2D eigenvalue weighted by Crippen LogP contribution is -1.87. The van der Waals surface area contributed by atoms with Crippen LogP contribution < -0.4 is 0 Å². The zero-order valence-electron chi connectivity index (χ0n) is 20.6. The van der Waals surface area contributed by atoms with E-state index in [1.54, 1.807) is 0 Å². The lowest BCUT2D eigenvalue weighted by molar-refractivity contribution is 0.669. The summed E-state index contributed by atoms with van der Waals surface area (Å²) in [6.07, 6.45) is 3.74. The third-order valence-corrected chi connectivity index (χ3v) is 7.76. The molecule has 0 aliphatic rings. The summed E-state index contributed by atoms with van der Waals surface area (Å²) in [5.41, 5.74) is 8.92. The molecule has 9 aromatic rings. The fraction of sp³-hybridized carbons (Fsp3) is 0. The molecule has 5 heterocycles. The molecule has 0 atom stereocenters. The van der Waals surface area contributed by atoms with Gasteiger partial charge in [0, 0.05) is 55.8 Å². The third-order valence-electron chi connectivity index (χ3n) is 7.76.